The molecule has 0 radical (unpaired) electrons. The normalized spacial score (nSPS) is 17.5. The van der Waals surface area contributed by atoms with Gasteiger partial charge in [0.2, 0.25) is 5.91 Å². The van der Waals surface area contributed by atoms with E-state index in [1.54, 1.807) is 6.20 Å². The van der Waals surface area contributed by atoms with Crippen LogP contribution in [0.1, 0.15) is 56.6 Å². The van der Waals surface area contributed by atoms with Crippen LogP contribution in [0.3, 0.4) is 0 Å². The molecule has 0 spiro atoms. The Balaban J connectivity index is 1.17. The van der Waals surface area contributed by atoms with Crippen molar-refractivity contribution in [2.45, 2.75) is 93.1 Å². The van der Waals surface area contributed by atoms with Gasteiger partial charge < -0.3 is 39.9 Å². The fourth-order valence-electron chi connectivity index (χ4n) is 5.90. The van der Waals surface area contributed by atoms with Gasteiger partial charge >= 0.3 is 0 Å². The molecule has 0 aliphatic heterocycles. The highest BCUT2D eigenvalue weighted by atomic mass is 35.5. The van der Waals surface area contributed by atoms with Gasteiger partial charge in [0.25, 0.3) is 0 Å². The van der Waals surface area contributed by atoms with Crippen molar-refractivity contribution in [2.24, 2.45) is 0 Å². The maximum atomic E-state index is 13.2. The van der Waals surface area contributed by atoms with Gasteiger partial charge in [0.1, 0.15) is 30.2 Å². The molecule has 5 rings (SSSR count). The zero-order valence-corrected chi connectivity index (χ0v) is 32.1. The Morgan fingerprint density at radius 2 is 1.79 bits per heavy atom. The minimum Gasteiger partial charge on any atom is -0.490 e. The molecule has 2 fully saturated rings. The first-order chi connectivity index (χ1) is 25.4. The third-order valence-corrected chi connectivity index (χ3v) is 12.7. The summed E-state index contributed by atoms with van der Waals surface area (Å²) in [4.78, 5) is 19.7. The number of ether oxygens (including phenoxy) is 2. The molecule has 5 N–H and O–H groups in total. The number of aliphatic hydroxyl groups excluding tert-OH is 5. The second-order valence-corrected chi connectivity index (χ2v) is 17.6. The van der Waals surface area contributed by atoms with E-state index in [2.05, 4.69) is 11.1 Å². The maximum Gasteiger partial charge on any atom is 0.222 e. The van der Waals surface area contributed by atoms with Gasteiger partial charge in [-0.25, -0.2) is 8.42 Å². The number of rotatable bonds is 22. The van der Waals surface area contributed by atoms with Gasteiger partial charge in [0.15, 0.2) is 9.84 Å². The van der Waals surface area contributed by atoms with Crippen molar-refractivity contribution in [1.82, 2.24) is 9.88 Å². The van der Waals surface area contributed by atoms with E-state index in [1.807, 2.05) is 48.7 Å². The van der Waals surface area contributed by atoms with E-state index in [0.717, 1.165) is 63.5 Å². The molecule has 2 aromatic carbocycles. The van der Waals surface area contributed by atoms with Crippen molar-refractivity contribution in [3.8, 4) is 16.9 Å². The Morgan fingerprint density at radius 1 is 1.06 bits per heavy atom. The van der Waals surface area contributed by atoms with Crippen molar-refractivity contribution in [3.63, 3.8) is 0 Å². The fourth-order valence-corrected chi connectivity index (χ4v) is 7.78. The number of thioether (sulfide) groups is 1. The molecule has 290 valence electrons. The highest BCUT2D eigenvalue weighted by Crippen LogP contribution is 2.53. The van der Waals surface area contributed by atoms with Crippen LogP contribution in [0.5, 0.6) is 5.75 Å². The van der Waals surface area contributed by atoms with Crippen molar-refractivity contribution < 1.29 is 48.2 Å². The van der Waals surface area contributed by atoms with Crippen LogP contribution in [0, 0.1) is 0 Å². The van der Waals surface area contributed by atoms with Gasteiger partial charge in [-0.15, -0.1) is 11.8 Å². The molecular weight excluding hydrogens is 744 g/mol. The number of halogens is 1. The van der Waals surface area contributed by atoms with Gasteiger partial charge in [0, 0.05) is 58.7 Å². The number of para-hydroxylation sites is 1. The number of pyridine rings is 1. The third-order valence-electron chi connectivity index (χ3n) is 9.53. The summed E-state index contributed by atoms with van der Waals surface area (Å²) in [6, 6.07) is 15.8. The molecule has 4 atom stereocenters. The predicted octanol–water partition coefficient (Wildman–Crippen LogP) is 3.72. The van der Waals surface area contributed by atoms with E-state index in [-0.39, 0.29) is 37.2 Å². The Bertz CT molecular complexity index is 1790. The summed E-state index contributed by atoms with van der Waals surface area (Å²) in [5.74, 6) is 0.512. The predicted molar refractivity (Wildman–Crippen MR) is 202 cm³/mol. The largest absolute Gasteiger partial charge is 0.490 e. The second kappa shape index (κ2) is 18.7. The Morgan fingerprint density at radius 3 is 2.49 bits per heavy atom. The quantitative estimate of drug-likeness (QED) is 0.0735. The molecule has 2 saturated carbocycles. The topological polar surface area (TPSA) is 187 Å². The molecule has 1 heterocycles. The summed E-state index contributed by atoms with van der Waals surface area (Å²) in [6.45, 7) is 0.249. The third kappa shape index (κ3) is 11.4. The zero-order chi connectivity index (χ0) is 38.2. The van der Waals surface area contributed by atoms with Gasteiger partial charge in [-0.2, -0.15) is 0 Å². The summed E-state index contributed by atoms with van der Waals surface area (Å²) in [5, 5.41) is 50.0. The van der Waals surface area contributed by atoms with Crippen molar-refractivity contribution in [3.05, 3.63) is 77.1 Å². The summed E-state index contributed by atoms with van der Waals surface area (Å²) >= 11 is 8.15. The second-order valence-electron chi connectivity index (χ2n) is 13.6. The minimum absolute atomic E-state index is 0.0398. The highest BCUT2D eigenvalue weighted by Gasteiger charge is 2.48. The Kier molecular flexibility index (Phi) is 14.6. The number of aliphatic hydroxyl groups is 5. The molecule has 1 amide bonds. The summed E-state index contributed by atoms with van der Waals surface area (Å²) in [5.41, 5.74) is 3.40. The number of hydrogen-bond acceptors (Lipinski definition) is 12. The van der Waals surface area contributed by atoms with Gasteiger partial charge in [0.05, 0.1) is 30.7 Å². The van der Waals surface area contributed by atoms with Crippen LogP contribution in [-0.2, 0) is 31.6 Å². The number of hydrogen-bond donors (Lipinski definition) is 5. The number of sulfone groups is 1. The number of carbonyl (C=O) groups excluding carboxylic acids is 1. The molecule has 1 aromatic heterocycles. The molecule has 53 heavy (non-hydrogen) atoms. The van der Waals surface area contributed by atoms with Gasteiger partial charge in [-0.05, 0) is 79.3 Å². The van der Waals surface area contributed by atoms with Gasteiger partial charge in [-0.3, -0.25) is 9.78 Å². The number of benzene rings is 2. The molecule has 15 heteroatoms. The first kappa shape index (κ1) is 41.4. The maximum absolute atomic E-state index is 13.2. The van der Waals surface area contributed by atoms with Crippen molar-refractivity contribution >= 4 is 39.1 Å². The van der Waals surface area contributed by atoms with Crippen molar-refractivity contribution in [2.75, 3.05) is 37.0 Å². The first-order valence-corrected chi connectivity index (χ1v) is 21.1. The monoisotopic (exact) mass is 792 g/mol. The average Bonchev–Trinajstić information content (AvgIpc) is 4.12. The Labute approximate surface area is 320 Å². The fraction of sp³-hybridized carbons (Fsp3) is 0.526. The first-order valence-electron chi connectivity index (χ1n) is 17.9. The van der Waals surface area contributed by atoms with Crippen molar-refractivity contribution in [1.29, 1.82) is 0 Å². The molecule has 12 nitrogen and oxygen atoms in total. The van der Waals surface area contributed by atoms with E-state index in [1.165, 1.54) is 18.7 Å². The molecule has 3 aromatic rings. The lowest BCUT2D eigenvalue weighted by Crippen LogP contribution is -2.51. The molecule has 2 aliphatic carbocycles. The lowest BCUT2D eigenvalue weighted by Gasteiger charge is -2.30. The van der Waals surface area contributed by atoms with Crippen LogP contribution in [0.2, 0.25) is 5.02 Å². The molecule has 0 saturated heterocycles. The minimum atomic E-state index is -3.45. The van der Waals surface area contributed by atoms with E-state index in [0.29, 0.717) is 17.2 Å². The van der Waals surface area contributed by atoms with E-state index < -0.39 is 58.9 Å². The number of aromatic nitrogens is 1. The SMILES string of the molecule is CCS(=O)(=O)CCN(C[C@H](O)[C@@H](O)[C@H](O)[C@H](O)CO)C(=O)CCCSc1ccc(Cl)c(COC2(c3cnccc3-c3ccccc3OC3CC3)CC2)c1. The summed E-state index contributed by atoms with van der Waals surface area (Å²) < 4.78 is 37.2. The van der Waals surface area contributed by atoms with Crippen LogP contribution in [0.15, 0.2) is 65.8 Å². The van der Waals surface area contributed by atoms with Crippen LogP contribution >= 0.6 is 23.4 Å². The zero-order valence-electron chi connectivity index (χ0n) is 29.7. The Hall–Kier alpha value is -2.79. The number of amides is 1. The van der Waals surface area contributed by atoms with Gasteiger partial charge in [-0.1, -0.05) is 36.7 Å². The van der Waals surface area contributed by atoms with E-state index >= 15 is 0 Å². The van der Waals surface area contributed by atoms with E-state index in [4.69, 9.17) is 26.2 Å². The van der Waals surface area contributed by atoms with Crippen LogP contribution in [0.4, 0.5) is 0 Å². The molecule has 0 unspecified atom stereocenters. The summed E-state index contributed by atoms with van der Waals surface area (Å²) in [7, 11) is -3.45. The molecule has 0 bridgehead atoms. The summed E-state index contributed by atoms with van der Waals surface area (Å²) in [6.07, 6.45) is 1.08. The lowest BCUT2D eigenvalue weighted by molar-refractivity contribution is -0.139. The van der Waals surface area contributed by atoms with Crippen LogP contribution in [-0.4, -0.2) is 117 Å². The number of nitrogens with zero attached hydrogens (tertiary/aromatic N) is 2. The van der Waals surface area contributed by atoms with Crippen LogP contribution in [0.25, 0.3) is 11.1 Å². The smallest absolute Gasteiger partial charge is 0.222 e. The van der Waals surface area contributed by atoms with E-state index in [9.17, 15) is 33.6 Å². The average molecular weight is 793 g/mol. The number of carbonyl (C=O) groups is 1. The molecular formula is C38H49ClN2O10S2. The highest BCUT2D eigenvalue weighted by molar-refractivity contribution is 7.99. The molecule has 2 aliphatic rings. The lowest BCUT2D eigenvalue weighted by atomic mass is 9.96. The van der Waals surface area contributed by atoms with Crippen LogP contribution < -0.4 is 4.74 Å². The standard InChI is InChI=1S/C38H49ClN2O10S2/c1-2-53(48,49)19-17-41(22-32(43)36(46)37(47)33(44)23-42)35(45)8-5-18-52-27-11-12-31(39)25(20-27)24-50-38(14-15-38)30-21-40-16-13-28(30)29-6-3-4-7-34(29)51-26-9-10-26/h3-4,6-7,11-13,16,20-21,26,32-33,36-37,42-44,46-47H,2,5,8-10,14-15,17-19,22-24H2,1H3/t32-,33+,36+,37+/m0/s1.